The number of nitrogens with zero attached hydrogens (tertiary/aromatic N) is 1. The van der Waals surface area contributed by atoms with Gasteiger partial charge in [0, 0.05) is 17.2 Å². The summed E-state index contributed by atoms with van der Waals surface area (Å²) < 4.78 is 1.12. The normalized spacial score (nSPS) is 12.2. The van der Waals surface area contributed by atoms with Crippen LogP contribution >= 0.6 is 15.9 Å². The fraction of sp³-hybridized carbons (Fsp3) is 0.562. The number of halogens is 1. The first-order valence-electron chi connectivity index (χ1n) is 7.41. The summed E-state index contributed by atoms with van der Waals surface area (Å²) in [7, 11) is -0.934. The molecule has 0 aliphatic heterocycles. The summed E-state index contributed by atoms with van der Waals surface area (Å²) in [6, 6.07) is 14.0. The van der Waals surface area contributed by atoms with Crippen LogP contribution in [0.15, 0.2) is 33.7 Å². The zero-order chi connectivity index (χ0) is 14.1. The Balaban J connectivity index is 2.36. The molecule has 0 heterocycles. The van der Waals surface area contributed by atoms with Gasteiger partial charge in [-0.1, -0.05) is 73.0 Å². The number of rotatable bonds is 8. The molecule has 0 saturated carbocycles. The molecule has 0 unspecified atom stereocenters. The Morgan fingerprint density at radius 2 is 1.63 bits per heavy atom. The van der Waals surface area contributed by atoms with Gasteiger partial charge in [0.15, 0.2) is 0 Å². The van der Waals surface area contributed by atoms with Gasteiger partial charge in [0.1, 0.15) is 0 Å². The Labute approximate surface area is 127 Å². The maximum absolute atomic E-state index is 4.56. The molecule has 1 aromatic carbocycles. The van der Waals surface area contributed by atoms with Gasteiger partial charge in [0.2, 0.25) is 0 Å². The molecule has 3 heteroatoms. The first kappa shape index (κ1) is 16.6. The third-order valence-electron chi connectivity index (χ3n) is 4.35. The largest absolute Gasteiger partial charge is 0.293 e. The first-order chi connectivity index (χ1) is 9.15. The van der Waals surface area contributed by atoms with Crippen LogP contribution in [0.3, 0.4) is 0 Å². The summed E-state index contributed by atoms with van der Waals surface area (Å²) in [5.41, 5.74) is 1.19. The molecule has 1 aromatic rings. The number of aliphatic imine (C=N–C) groups is 1. The van der Waals surface area contributed by atoms with Crippen LogP contribution in [0.5, 0.6) is 0 Å². The van der Waals surface area contributed by atoms with E-state index in [1.165, 1.54) is 36.2 Å². The van der Waals surface area contributed by atoms with Crippen LogP contribution in [0.25, 0.3) is 0 Å². The van der Waals surface area contributed by atoms with Crippen molar-refractivity contribution in [1.82, 2.24) is 0 Å². The van der Waals surface area contributed by atoms with E-state index in [0.29, 0.717) is 0 Å². The number of benzene rings is 1. The Hall–Kier alpha value is -0.413. The SMILES string of the molecule is CC[Si](CC)(CC)CCCN=Cc1ccc(Br)cc1. The van der Waals surface area contributed by atoms with E-state index in [-0.39, 0.29) is 0 Å². The molecule has 0 radical (unpaired) electrons. The molecule has 0 N–H and O–H groups in total. The molecular weight excluding hydrogens is 314 g/mol. The summed E-state index contributed by atoms with van der Waals surface area (Å²) in [5.74, 6) is 0. The van der Waals surface area contributed by atoms with Crippen molar-refractivity contribution in [3.63, 3.8) is 0 Å². The van der Waals surface area contributed by atoms with E-state index >= 15 is 0 Å². The summed E-state index contributed by atoms with van der Waals surface area (Å²) in [5, 5.41) is 0. The van der Waals surface area contributed by atoms with Gasteiger partial charge in [-0.25, -0.2) is 0 Å². The third kappa shape index (κ3) is 5.61. The molecule has 19 heavy (non-hydrogen) atoms. The molecule has 1 rings (SSSR count). The summed E-state index contributed by atoms with van der Waals surface area (Å²) in [4.78, 5) is 4.56. The van der Waals surface area contributed by atoms with Crippen LogP contribution in [-0.2, 0) is 0 Å². The molecule has 0 aliphatic carbocycles. The van der Waals surface area contributed by atoms with Gasteiger partial charge in [0.25, 0.3) is 0 Å². The average Bonchev–Trinajstić information content (AvgIpc) is 2.45. The Kier molecular flexibility index (Phi) is 7.62. The van der Waals surface area contributed by atoms with E-state index in [1.54, 1.807) is 0 Å². The smallest absolute Gasteiger partial charge is 0.0528 e. The zero-order valence-corrected chi connectivity index (χ0v) is 15.0. The maximum atomic E-state index is 4.56. The fourth-order valence-corrected chi connectivity index (χ4v) is 6.28. The minimum absolute atomic E-state index is 0.934. The highest BCUT2D eigenvalue weighted by Gasteiger charge is 2.25. The quantitative estimate of drug-likeness (QED) is 0.324. The van der Waals surface area contributed by atoms with Gasteiger partial charge in [-0.3, -0.25) is 4.99 Å². The van der Waals surface area contributed by atoms with Crippen molar-refractivity contribution >= 4 is 30.2 Å². The van der Waals surface area contributed by atoms with Gasteiger partial charge < -0.3 is 0 Å². The van der Waals surface area contributed by atoms with E-state index in [1.807, 2.05) is 6.21 Å². The monoisotopic (exact) mass is 339 g/mol. The lowest BCUT2D eigenvalue weighted by molar-refractivity contribution is 0.895. The van der Waals surface area contributed by atoms with Gasteiger partial charge in [-0.05, 0) is 24.1 Å². The lowest BCUT2D eigenvalue weighted by Crippen LogP contribution is -2.31. The number of hydrogen-bond acceptors (Lipinski definition) is 1. The topological polar surface area (TPSA) is 12.4 Å². The predicted octanol–water partition coefficient (Wildman–Crippen LogP) is 5.77. The summed E-state index contributed by atoms with van der Waals surface area (Å²) in [6.45, 7) is 8.11. The highest BCUT2D eigenvalue weighted by atomic mass is 79.9. The van der Waals surface area contributed by atoms with E-state index < -0.39 is 8.07 Å². The van der Waals surface area contributed by atoms with E-state index in [0.717, 1.165) is 11.0 Å². The fourth-order valence-electron chi connectivity index (χ4n) is 2.54. The molecule has 0 fully saturated rings. The minimum Gasteiger partial charge on any atom is -0.293 e. The van der Waals surface area contributed by atoms with Crippen molar-refractivity contribution < 1.29 is 0 Å². The molecule has 106 valence electrons. The lowest BCUT2D eigenvalue weighted by atomic mass is 10.2. The molecule has 0 aliphatic rings. The Morgan fingerprint density at radius 1 is 1.05 bits per heavy atom. The highest BCUT2D eigenvalue weighted by Crippen LogP contribution is 2.26. The Morgan fingerprint density at radius 3 is 2.16 bits per heavy atom. The van der Waals surface area contributed by atoms with Crippen LogP contribution in [0, 0.1) is 0 Å². The summed E-state index contributed by atoms with van der Waals surface area (Å²) >= 11 is 3.44. The number of hydrogen-bond donors (Lipinski definition) is 0. The molecule has 0 spiro atoms. The minimum atomic E-state index is -0.934. The van der Waals surface area contributed by atoms with Crippen molar-refractivity contribution in [1.29, 1.82) is 0 Å². The standard InChI is InChI=1S/C16H26BrNSi/c1-4-19(5-2,6-3)13-7-12-18-14-15-8-10-16(17)11-9-15/h8-11,14H,4-7,12-13H2,1-3H3. The lowest BCUT2D eigenvalue weighted by Gasteiger charge is -2.27. The molecule has 0 amide bonds. The highest BCUT2D eigenvalue weighted by molar-refractivity contribution is 9.10. The molecular formula is C16H26BrNSi. The van der Waals surface area contributed by atoms with Crippen LogP contribution < -0.4 is 0 Å². The Bertz CT molecular complexity index is 374. The van der Waals surface area contributed by atoms with Crippen molar-refractivity contribution in [2.45, 2.75) is 51.4 Å². The maximum Gasteiger partial charge on any atom is 0.0528 e. The second-order valence-corrected chi connectivity index (χ2v) is 11.8. The molecule has 1 nitrogen and oxygen atoms in total. The van der Waals surface area contributed by atoms with Gasteiger partial charge in [-0.2, -0.15) is 0 Å². The second-order valence-electron chi connectivity index (χ2n) is 5.25. The van der Waals surface area contributed by atoms with Gasteiger partial charge in [0.05, 0.1) is 8.07 Å². The second kappa shape index (κ2) is 8.70. The van der Waals surface area contributed by atoms with Crippen LogP contribution in [-0.4, -0.2) is 20.8 Å². The molecule has 0 aromatic heterocycles. The molecule has 0 atom stereocenters. The first-order valence-corrected chi connectivity index (χ1v) is 11.0. The average molecular weight is 340 g/mol. The zero-order valence-electron chi connectivity index (χ0n) is 12.5. The molecule has 0 bridgehead atoms. The van der Waals surface area contributed by atoms with Crippen LogP contribution in [0.2, 0.25) is 24.2 Å². The summed E-state index contributed by atoms with van der Waals surface area (Å²) in [6.07, 6.45) is 3.26. The van der Waals surface area contributed by atoms with Gasteiger partial charge in [-0.15, -0.1) is 0 Å². The van der Waals surface area contributed by atoms with E-state index in [2.05, 4.69) is 66.0 Å². The molecule has 0 saturated heterocycles. The van der Waals surface area contributed by atoms with Crippen LogP contribution in [0.1, 0.15) is 32.8 Å². The van der Waals surface area contributed by atoms with E-state index in [4.69, 9.17) is 0 Å². The van der Waals surface area contributed by atoms with Crippen molar-refractivity contribution in [2.75, 3.05) is 6.54 Å². The van der Waals surface area contributed by atoms with E-state index in [9.17, 15) is 0 Å². The third-order valence-corrected chi connectivity index (χ3v) is 10.8. The predicted molar refractivity (Wildman–Crippen MR) is 93.2 cm³/mol. The van der Waals surface area contributed by atoms with Crippen molar-refractivity contribution in [3.8, 4) is 0 Å². The van der Waals surface area contributed by atoms with Crippen LogP contribution in [0.4, 0.5) is 0 Å². The van der Waals surface area contributed by atoms with Crippen molar-refractivity contribution in [3.05, 3.63) is 34.3 Å². The van der Waals surface area contributed by atoms with Gasteiger partial charge >= 0.3 is 0 Å². The van der Waals surface area contributed by atoms with Crippen molar-refractivity contribution in [2.24, 2.45) is 4.99 Å².